The first-order chi connectivity index (χ1) is 10.7. The van der Waals surface area contributed by atoms with Crippen molar-refractivity contribution in [3.05, 3.63) is 65.5 Å². The fourth-order valence-corrected chi connectivity index (χ4v) is 3.19. The maximum atomic E-state index is 10.3. The fourth-order valence-electron chi connectivity index (χ4n) is 2.15. The van der Waals surface area contributed by atoms with Crippen LogP contribution in [0.3, 0.4) is 0 Å². The van der Waals surface area contributed by atoms with Crippen molar-refractivity contribution in [2.24, 2.45) is 10.7 Å². The van der Waals surface area contributed by atoms with Crippen molar-refractivity contribution < 1.29 is 5.11 Å². The summed E-state index contributed by atoms with van der Waals surface area (Å²) in [5.74, 6) is 0.298. The van der Waals surface area contributed by atoms with Crippen molar-refractivity contribution >= 4 is 33.1 Å². The highest BCUT2D eigenvalue weighted by molar-refractivity contribution is 7.19. The minimum Gasteiger partial charge on any atom is -0.386 e. The minimum atomic E-state index is -0.645. The number of para-hydroxylation sites is 1. The van der Waals surface area contributed by atoms with Crippen molar-refractivity contribution in [1.29, 1.82) is 0 Å². The van der Waals surface area contributed by atoms with Crippen LogP contribution in [0, 0.1) is 0 Å². The molecule has 0 spiro atoms. The lowest BCUT2D eigenvalue weighted by Crippen LogP contribution is -2.23. The Morgan fingerprint density at radius 2 is 1.86 bits per heavy atom. The number of nitrogens with zero attached hydrogens (tertiary/aromatic N) is 1. The van der Waals surface area contributed by atoms with Crippen molar-refractivity contribution in [2.45, 2.75) is 6.10 Å². The van der Waals surface area contributed by atoms with Gasteiger partial charge in [-0.15, -0.1) is 11.3 Å². The van der Waals surface area contributed by atoms with Gasteiger partial charge in [0.2, 0.25) is 0 Å². The summed E-state index contributed by atoms with van der Waals surface area (Å²) in [5.41, 5.74) is 6.71. The van der Waals surface area contributed by atoms with Crippen molar-refractivity contribution in [2.75, 3.05) is 11.9 Å². The number of thiophene rings is 1. The van der Waals surface area contributed by atoms with Crippen LogP contribution in [0.5, 0.6) is 0 Å². The highest BCUT2D eigenvalue weighted by Crippen LogP contribution is 2.29. The maximum Gasteiger partial charge on any atom is 0.193 e. The zero-order valence-electron chi connectivity index (χ0n) is 11.9. The molecule has 0 aliphatic heterocycles. The highest BCUT2D eigenvalue weighted by atomic mass is 32.1. The van der Waals surface area contributed by atoms with Gasteiger partial charge in [-0.25, -0.2) is 0 Å². The second-order valence-corrected chi connectivity index (χ2v) is 6.03. The third-order valence-corrected chi connectivity index (χ3v) is 4.47. The van der Waals surface area contributed by atoms with Gasteiger partial charge in [-0.1, -0.05) is 36.4 Å². The summed E-state index contributed by atoms with van der Waals surface area (Å²) >= 11 is 1.58. The number of anilines is 1. The normalized spacial score (nSPS) is 13.2. The number of aliphatic hydroxyl groups is 1. The van der Waals surface area contributed by atoms with Crippen LogP contribution >= 0.6 is 11.3 Å². The Balaban J connectivity index is 1.65. The van der Waals surface area contributed by atoms with Gasteiger partial charge in [0.15, 0.2) is 5.96 Å². The number of aliphatic hydroxyl groups excluding tert-OH is 1. The molecule has 2 aromatic carbocycles. The smallest absolute Gasteiger partial charge is 0.193 e. The Hall–Kier alpha value is -2.37. The zero-order chi connectivity index (χ0) is 15.4. The number of hydrogen-bond acceptors (Lipinski definition) is 3. The van der Waals surface area contributed by atoms with Crippen molar-refractivity contribution in [3.63, 3.8) is 0 Å². The molecule has 1 unspecified atom stereocenters. The number of benzene rings is 2. The molecule has 0 aliphatic rings. The Kier molecular flexibility index (Phi) is 4.37. The fraction of sp³-hybridized carbons (Fsp3) is 0.118. The van der Waals surface area contributed by atoms with Crippen LogP contribution in [0.1, 0.15) is 11.0 Å². The lowest BCUT2D eigenvalue weighted by Gasteiger charge is -2.07. The first kappa shape index (κ1) is 14.6. The summed E-state index contributed by atoms with van der Waals surface area (Å²) in [4.78, 5) is 5.11. The van der Waals surface area contributed by atoms with Gasteiger partial charge in [0, 0.05) is 15.3 Å². The van der Waals surface area contributed by atoms with E-state index in [1.165, 1.54) is 0 Å². The van der Waals surface area contributed by atoms with Gasteiger partial charge in [0.1, 0.15) is 6.10 Å². The standard InChI is InChI=1S/C17H17N3OS/c18-17(20-13-7-2-1-3-8-13)19-11-14(21)16-10-12-6-4-5-9-15(12)22-16/h1-10,14,21H,11H2,(H3,18,19,20). The van der Waals surface area contributed by atoms with Crippen LogP contribution in [0.25, 0.3) is 10.1 Å². The molecule has 4 nitrogen and oxygen atoms in total. The molecule has 4 N–H and O–H groups in total. The molecule has 1 heterocycles. The second-order valence-electron chi connectivity index (χ2n) is 4.92. The molecule has 0 amide bonds. The number of fused-ring (bicyclic) bond motifs is 1. The third-order valence-electron chi connectivity index (χ3n) is 3.25. The Labute approximate surface area is 132 Å². The summed E-state index contributed by atoms with van der Waals surface area (Å²) < 4.78 is 1.16. The van der Waals surface area contributed by atoms with Gasteiger partial charge in [-0.2, -0.15) is 0 Å². The average Bonchev–Trinajstić information content (AvgIpc) is 2.98. The molecule has 1 atom stereocenters. The quantitative estimate of drug-likeness (QED) is 0.511. The lowest BCUT2D eigenvalue weighted by atomic mass is 10.2. The van der Waals surface area contributed by atoms with Gasteiger partial charge < -0.3 is 16.2 Å². The van der Waals surface area contributed by atoms with E-state index in [0.29, 0.717) is 5.96 Å². The van der Waals surface area contributed by atoms with E-state index in [0.717, 1.165) is 20.7 Å². The van der Waals surface area contributed by atoms with Crippen molar-refractivity contribution in [3.8, 4) is 0 Å². The molecule has 0 saturated carbocycles. The number of guanidine groups is 1. The highest BCUT2D eigenvalue weighted by Gasteiger charge is 2.11. The maximum absolute atomic E-state index is 10.3. The minimum absolute atomic E-state index is 0.235. The molecule has 22 heavy (non-hydrogen) atoms. The number of nitrogens with one attached hydrogen (secondary N) is 1. The predicted molar refractivity (Wildman–Crippen MR) is 93.3 cm³/mol. The van der Waals surface area contributed by atoms with Gasteiger partial charge in [-0.3, -0.25) is 4.99 Å². The van der Waals surface area contributed by atoms with Gasteiger partial charge in [0.05, 0.1) is 6.54 Å². The molecule has 0 fully saturated rings. The summed E-state index contributed by atoms with van der Waals surface area (Å²) in [7, 11) is 0. The number of aliphatic imine (C=N–C) groups is 1. The molecule has 3 aromatic rings. The summed E-state index contributed by atoms with van der Waals surface area (Å²) in [5, 5.41) is 14.4. The molecule has 0 saturated heterocycles. The van der Waals surface area contributed by atoms with Crippen LogP contribution in [0.15, 0.2) is 65.7 Å². The molecule has 0 radical (unpaired) electrons. The molecule has 1 aromatic heterocycles. The van der Waals surface area contributed by atoms with Crippen LogP contribution in [0.4, 0.5) is 5.69 Å². The SMILES string of the molecule is NC(=NCC(O)c1cc2ccccc2s1)Nc1ccccc1. The number of rotatable bonds is 4. The zero-order valence-corrected chi connectivity index (χ0v) is 12.8. The first-order valence-corrected chi connectivity index (χ1v) is 7.82. The molecule has 0 bridgehead atoms. The van der Waals surface area contributed by atoms with Gasteiger partial charge in [0.25, 0.3) is 0 Å². The second kappa shape index (κ2) is 6.60. The van der Waals surface area contributed by atoms with E-state index < -0.39 is 6.10 Å². The summed E-state index contributed by atoms with van der Waals surface area (Å²) in [6, 6.07) is 19.7. The Bertz CT molecular complexity index is 750. The van der Waals surface area contributed by atoms with Crippen LogP contribution in [0.2, 0.25) is 0 Å². The summed E-state index contributed by atoms with van der Waals surface area (Å²) in [6.07, 6.45) is -0.645. The molecule has 5 heteroatoms. The molecular weight excluding hydrogens is 294 g/mol. The Morgan fingerprint density at radius 3 is 2.64 bits per heavy atom. The lowest BCUT2D eigenvalue weighted by molar-refractivity contribution is 0.191. The van der Waals surface area contributed by atoms with E-state index in [2.05, 4.69) is 10.3 Å². The monoisotopic (exact) mass is 311 g/mol. The van der Waals surface area contributed by atoms with E-state index in [9.17, 15) is 5.11 Å². The van der Waals surface area contributed by atoms with E-state index in [1.54, 1.807) is 11.3 Å². The molecule has 112 valence electrons. The number of nitrogens with two attached hydrogens (primary N) is 1. The van der Waals surface area contributed by atoms with E-state index in [4.69, 9.17) is 5.73 Å². The average molecular weight is 311 g/mol. The molecular formula is C17H17N3OS. The van der Waals surface area contributed by atoms with E-state index in [1.807, 2.05) is 60.7 Å². The van der Waals surface area contributed by atoms with Crippen LogP contribution in [-0.4, -0.2) is 17.6 Å². The Morgan fingerprint density at radius 1 is 1.14 bits per heavy atom. The van der Waals surface area contributed by atoms with Crippen LogP contribution in [-0.2, 0) is 0 Å². The number of hydrogen-bond donors (Lipinski definition) is 3. The topological polar surface area (TPSA) is 70.6 Å². The van der Waals surface area contributed by atoms with E-state index >= 15 is 0 Å². The predicted octanol–water partition coefficient (Wildman–Crippen LogP) is 3.36. The van der Waals surface area contributed by atoms with Gasteiger partial charge in [-0.05, 0) is 29.7 Å². The van der Waals surface area contributed by atoms with Crippen LogP contribution < -0.4 is 11.1 Å². The molecule has 0 aliphatic carbocycles. The van der Waals surface area contributed by atoms with E-state index in [-0.39, 0.29) is 6.54 Å². The van der Waals surface area contributed by atoms with Gasteiger partial charge >= 0.3 is 0 Å². The molecule has 3 rings (SSSR count). The summed E-state index contributed by atoms with van der Waals surface area (Å²) in [6.45, 7) is 0.235. The third kappa shape index (κ3) is 3.44. The van der Waals surface area contributed by atoms with Crippen molar-refractivity contribution in [1.82, 2.24) is 0 Å². The first-order valence-electron chi connectivity index (χ1n) is 7.01. The largest absolute Gasteiger partial charge is 0.386 e.